The average Bonchev–Trinajstić information content (AvgIpc) is 2.38. The number of nitrogen functional groups attached to an aromatic ring is 1. The number of nitrogens with zero attached hydrogens (tertiary/aromatic N) is 1. The van der Waals surface area contributed by atoms with Crippen LogP contribution in [0.2, 0.25) is 0 Å². The zero-order valence-electron chi connectivity index (χ0n) is 11.2. The van der Waals surface area contributed by atoms with Gasteiger partial charge in [0.1, 0.15) is 0 Å². The Labute approximate surface area is 114 Å². The highest BCUT2D eigenvalue weighted by Gasteiger charge is 2.14. The molecule has 0 aliphatic carbocycles. The molecule has 0 saturated heterocycles. The minimum atomic E-state index is -1.15. The molecule has 0 unspecified atom stereocenters. The lowest BCUT2D eigenvalue weighted by Crippen LogP contribution is -2.39. The highest BCUT2D eigenvalue weighted by Crippen LogP contribution is 2.16. The van der Waals surface area contributed by atoms with Gasteiger partial charge < -0.3 is 21.3 Å². The molecule has 1 rings (SSSR count). The van der Waals surface area contributed by atoms with E-state index < -0.39 is 17.5 Å². The Balaban J connectivity index is 2.52. The van der Waals surface area contributed by atoms with Crippen LogP contribution in [0.1, 0.15) is 10.4 Å². The van der Waals surface area contributed by atoms with Crippen LogP contribution in [0, 0.1) is 11.6 Å². The van der Waals surface area contributed by atoms with Crippen molar-refractivity contribution in [1.82, 2.24) is 15.5 Å². The van der Waals surface area contributed by atoms with E-state index in [0.29, 0.717) is 0 Å². The lowest BCUT2D eigenvalue weighted by atomic mass is 10.1. The van der Waals surface area contributed by atoms with Gasteiger partial charge in [0.2, 0.25) is 0 Å². The van der Waals surface area contributed by atoms with Gasteiger partial charge in [-0.3, -0.25) is 4.79 Å². The van der Waals surface area contributed by atoms with Crippen LogP contribution in [0.15, 0.2) is 12.1 Å². The minimum absolute atomic E-state index is 0.136. The number of benzene rings is 1. The van der Waals surface area contributed by atoms with Crippen LogP contribution in [-0.4, -0.2) is 44.0 Å². The summed E-state index contributed by atoms with van der Waals surface area (Å²) in [4.78, 5) is 24.2. The predicted octanol–water partition coefficient (Wildman–Crippen LogP) is 0.548. The van der Waals surface area contributed by atoms with E-state index in [9.17, 15) is 18.4 Å². The fraction of sp³-hybridized carbons (Fsp3) is 0.333. The topological polar surface area (TPSA) is 87.5 Å². The molecule has 0 atom stereocenters. The van der Waals surface area contributed by atoms with E-state index in [1.165, 1.54) is 4.90 Å². The van der Waals surface area contributed by atoms with Gasteiger partial charge in [-0.15, -0.1) is 0 Å². The zero-order chi connectivity index (χ0) is 15.3. The van der Waals surface area contributed by atoms with Crippen molar-refractivity contribution in [2.45, 2.75) is 0 Å². The summed E-state index contributed by atoms with van der Waals surface area (Å²) in [5.74, 6) is -2.90. The summed E-state index contributed by atoms with van der Waals surface area (Å²) in [6, 6.07) is 1.18. The van der Waals surface area contributed by atoms with E-state index in [2.05, 4.69) is 10.6 Å². The van der Waals surface area contributed by atoms with Crippen molar-refractivity contribution in [3.8, 4) is 0 Å². The molecule has 0 aliphatic heterocycles. The van der Waals surface area contributed by atoms with Gasteiger partial charge in [0, 0.05) is 38.9 Å². The molecule has 3 amide bonds. The molecule has 4 N–H and O–H groups in total. The Bertz CT molecular complexity index is 520. The molecule has 1 aromatic carbocycles. The van der Waals surface area contributed by atoms with E-state index in [0.717, 1.165) is 12.1 Å². The first-order valence-electron chi connectivity index (χ1n) is 5.80. The molecule has 110 valence electrons. The monoisotopic (exact) mass is 286 g/mol. The first-order chi connectivity index (χ1) is 9.32. The molecule has 0 fully saturated rings. The van der Waals surface area contributed by atoms with E-state index in [4.69, 9.17) is 5.73 Å². The van der Waals surface area contributed by atoms with Crippen molar-refractivity contribution in [3.05, 3.63) is 29.3 Å². The lowest BCUT2D eigenvalue weighted by Gasteiger charge is -2.12. The molecule has 20 heavy (non-hydrogen) atoms. The average molecular weight is 286 g/mol. The van der Waals surface area contributed by atoms with E-state index in [1.807, 2.05) is 0 Å². The van der Waals surface area contributed by atoms with Gasteiger partial charge in [0.25, 0.3) is 5.91 Å². The van der Waals surface area contributed by atoms with Crippen LogP contribution in [-0.2, 0) is 0 Å². The summed E-state index contributed by atoms with van der Waals surface area (Å²) in [6.45, 7) is 0.336. The highest BCUT2D eigenvalue weighted by atomic mass is 19.2. The number of carbonyl (C=O) groups excluding carboxylic acids is 2. The molecule has 1 aromatic rings. The SMILES string of the molecule is CN(C)C(=O)NCCNC(=O)c1cc(F)c(F)cc1N. The summed E-state index contributed by atoms with van der Waals surface area (Å²) >= 11 is 0. The van der Waals surface area contributed by atoms with Crippen LogP contribution in [0.3, 0.4) is 0 Å². The molecule has 6 nitrogen and oxygen atoms in total. The Hall–Kier alpha value is -2.38. The minimum Gasteiger partial charge on any atom is -0.398 e. The third-order valence-corrected chi connectivity index (χ3v) is 2.43. The van der Waals surface area contributed by atoms with Crippen LogP contribution in [0.5, 0.6) is 0 Å². The Morgan fingerprint density at radius 1 is 1.15 bits per heavy atom. The summed E-state index contributed by atoms with van der Waals surface area (Å²) in [5, 5.41) is 4.97. The van der Waals surface area contributed by atoms with Crippen LogP contribution >= 0.6 is 0 Å². The second-order valence-corrected chi connectivity index (χ2v) is 4.24. The molecular weight excluding hydrogens is 270 g/mol. The van der Waals surface area contributed by atoms with Crippen LogP contribution in [0.4, 0.5) is 19.3 Å². The summed E-state index contributed by atoms with van der Waals surface area (Å²) in [6.07, 6.45) is 0. The molecular formula is C12H16F2N4O2. The van der Waals surface area contributed by atoms with Crippen molar-refractivity contribution in [3.63, 3.8) is 0 Å². The number of anilines is 1. The first-order valence-corrected chi connectivity index (χ1v) is 5.80. The summed E-state index contributed by atoms with van der Waals surface area (Å²) < 4.78 is 25.9. The van der Waals surface area contributed by atoms with Gasteiger partial charge in [0.05, 0.1) is 5.56 Å². The van der Waals surface area contributed by atoms with Gasteiger partial charge in [0.15, 0.2) is 11.6 Å². The molecule has 0 spiro atoms. The van der Waals surface area contributed by atoms with E-state index in [-0.39, 0.29) is 30.4 Å². The maximum atomic E-state index is 13.0. The lowest BCUT2D eigenvalue weighted by molar-refractivity contribution is 0.0954. The molecule has 0 saturated carbocycles. The Morgan fingerprint density at radius 3 is 2.30 bits per heavy atom. The number of nitrogens with one attached hydrogen (secondary N) is 2. The van der Waals surface area contributed by atoms with Crippen LogP contribution in [0.25, 0.3) is 0 Å². The first kappa shape index (κ1) is 15.7. The van der Waals surface area contributed by atoms with Gasteiger partial charge in [-0.1, -0.05) is 0 Å². The van der Waals surface area contributed by atoms with Gasteiger partial charge >= 0.3 is 6.03 Å². The number of amides is 3. The van der Waals surface area contributed by atoms with Crippen molar-refractivity contribution >= 4 is 17.6 Å². The zero-order valence-corrected chi connectivity index (χ0v) is 11.2. The predicted molar refractivity (Wildman–Crippen MR) is 70.2 cm³/mol. The largest absolute Gasteiger partial charge is 0.398 e. The number of hydrogen-bond acceptors (Lipinski definition) is 3. The second-order valence-electron chi connectivity index (χ2n) is 4.24. The van der Waals surface area contributed by atoms with E-state index >= 15 is 0 Å². The molecule has 0 radical (unpaired) electrons. The fourth-order valence-corrected chi connectivity index (χ4v) is 1.36. The van der Waals surface area contributed by atoms with Crippen molar-refractivity contribution < 1.29 is 18.4 Å². The van der Waals surface area contributed by atoms with Crippen molar-refractivity contribution in [2.75, 3.05) is 32.9 Å². The molecule has 0 aromatic heterocycles. The highest BCUT2D eigenvalue weighted by molar-refractivity contribution is 5.99. The van der Waals surface area contributed by atoms with Crippen LogP contribution < -0.4 is 16.4 Å². The standard InChI is InChI=1S/C12H16F2N4O2/c1-18(2)12(20)17-4-3-16-11(19)7-5-8(13)9(14)6-10(7)15/h5-6H,3-4,15H2,1-2H3,(H,16,19)(H,17,20). The second kappa shape index (κ2) is 6.69. The quantitative estimate of drug-likeness (QED) is 0.558. The smallest absolute Gasteiger partial charge is 0.316 e. The molecule has 8 heteroatoms. The number of halogens is 2. The van der Waals surface area contributed by atoms with Crippen molar-refractivity contribution in [1.29, 1.82) is 0 Å². The van der Waals surface area contributed by atoms with Gasteiger partial charge in [-0.05, 0) is 6.07 Å². The molecule has 0 bridgehead atoms. The maximum Gasteiger partial charge on any atom is 0.316 e. The maximum absolute atomic E-state index is 13.0. The molecule has 0 heterocycles. The number of hydrogen-bond donors (Lipinski definition) is 3. The van der Waals surface area contributed by atoms with Gasteiger partial charge in [-0.25, -0.2) is 13.6 Å². The number of rotatable bonds is 4. The Morgan fingerprint density at radius 2 is 1.70 bits per heavy atom. The third-order valence-electron chi connectivity index (χ3n) is 2.43. The fourth-order valence-electron chi connectivity index (χ4n) is 1.36. The normalized spacial score (nSPS) is 10.0. The number of nitrogens with two attached hydrogens (primary N) is 1. The van der Waals surface area contributed by atoms with Gasteiger partial charge in [-0.2, -0.15) is 0 Å². The summed E-state index contributed by atoms with van der Waals surface area (Å²) in [5.41, 5.74) is 5.14. The van der Waals surface area contributed by atoms with Crippen molar-refractivity contribution in [2.24, 2.45) is 0 Å². The third kappa shape index (κ3) is 4.08. The summed E-state index contributed by atoms with van der Waals surface area (Å²) in [7, 11) is 3.16. The number of carbonyl (C=O) groups is 2. The Kier molecular flexibility index (Phi) is 5.24. The number of urea groups is 1. The van der Waals surface area contributed by atoms with E-state index in [1.54, 1.807) is 14.1 Å². The molecule has 0 aliphatic rings.